The highest BCUT2D eigenvalue weighted by Gasteiger charge is 2.13. The summed E-state index contributed by atoms with van der Waals surface area (Å²) in [6, 6.07) is 15.6. The van der Waals surface area contributed by atoms with Crippen LogP contribution >= 0.6 is 0 Å². The molecular formula is C26H37N3O2. The van der Waals surface area contributed by atoms with Crippen molar-refractivity contribution in [3.8, 4) is 5.75 Å². The van der Waals surface area contributed by atoms with Crippen LogP contribution in [0.3, 0.4) is 0 Å². The van der Waals surface area contributed by atoms with Crippen LogP contribution in [0.25, 0.3) is 0 Å². The summed E-state index contributed by atoms with van der Waals surface area (Å²) in [5.74, 6) is 0.352. The number of benzene rings is 2. The lowest BCUT2D eigenvalue weighted by atomic mass is 10.0. The Balaban J connectivity index is 0.000000285. The predicted octanol–water partition coefficient (Wildman–Crippen LogP) is 3.93. The maximum atomic E-state index is 12.2. The lowest BCUT2D eigenvalue weighted by Crippen LogP contribution is -2.49. The molecule has 0 aliphatic carbocycles. The van der Waals surface area contributed by atoms with Gasteiger partial charge in [-0.15, -0.1) is 6.58 Å². The number of phenols is 1. The van der Waals surface area contributed by atoms with Crippen LogP contribution < -0.4 is 5.32 Å². The molecule has 2 aromatic rings. The van der Waals surface area contributed by atoms with E-state index in [1.165, 1.54) is 0 Å². The van der Waals surface area contributed by atoms with Gasteiger partial charge in [-0.1, -0.05) is 30.3 Å². The van der Waals surface area contributed by atoms with Gasteiger partial charge in [-0.05, 0) is 62.6 Å². The second-order valence-electron chi connectivity index (χ2n) is 7.92. The number of hydrogen-bond donors (Lipinski definition) is 2. The molecule has 0 saturated carbocycles. The van der Waals surface area contributed by atoms with Crippen LogP contribution in [0.15, 0.2) is 61.2 Å². The summed E-state index contributed by atoms with van der Waals surface area (Å²) >= 11 is 0. The largest absolute Gasteiger partial charge is 0.508 e. The van der Waals surface area contributed by atoms with E-state index in [0.29, 0.717) is 6.04 Å². The molecule has 1 aliphatic heterocycles. The molecule has 31 heavy (non-hydrogen) atoms. The standard InChI is InChI=1S/C18H21NO2.C8H16N2/c1-3-19(4-2)18(21)16-10-8-14(9-11-16)12-15-6-5-7-17(20)13-15;1-3-5-10-6-4-9-8(2)7-10/h5-11,13,20H,3-4,12H2,1-2H3;3,8-9H,1,4-7H2,2H3. The Hall–Kier alpha value is -2.63. The first kappa shape index (κ1) is 24.6. The molecule has 0 spiro atoms. The third-order valence-electron chi connectivity index (χ3n) is 5.41. The summed E-state index contributed by atoms with van der Waals surface area (Å²) < 4.78 is 0. The second kappa shape index (κ2) is 12.9. The average molecular weight is 424 g/mol. The third kappa shape index (κ3) is 8.19. The first-order chi connectivity index (χ1) is 15.0. The molecule has 1 atom stereocenters. The molecule has 168 valence electrons. The number of hydrogen-bond acceptors (Lipinski definition) is 4. The van der Waals surface area contributed by atoms with Gasteiger partial charge in [0.15, 0.2) is 0 Å². The smallest absolute Gasteiger partial charge is 0.253 e. The van der Waals surface area contributed by atoms with E-state index in [2.05, 4.69) is 23.7 Å². The zero-order valence-electron chi connectivity index (χ0n) is 19.2. The van der Waals surface area contributed by atoms with E-state index in [9.17, 15) is 9.90 Å². The molecule has 1 aliphatic rings. The molecule has 2 aromatic carbocycles. The SMILES string of the molecule is C=CCN1CCNC(C)C1.CCN(CC)C(=O)c1ccc(Cc2cccc(O)c2)cc1. The number of phenolic OH excluding ortho intramolecular Hbond substituents is 1. The number of rotatable bonds is 7. The summed E-state index contributed by atoms with van der Waals surface area (Å²) in [6.07, 6.45) is 2.71. The topological polar surface area (TPSA) is 55.8 Å². The van der Waals surface area contributed by atoms with Crippen LogP contribution in [0, 0.1) is 0 Å². The molecule has 0 aromatic heterocycles. The van der Waals surface area contributed by atoms with E-state index in [-0.39, 0.29) is 11.7 Å². The lowest BCUT2D eigenvalue weighted by Gasteiger charge is -2.30. The van der Waals surface area contributed by atoms with Gasteiger partial charge in [0.1, 0.15) is 5.75 Å². The van der Waals surface area contributed by atoms with E-state index >= 15 is 0 Å². The fraction of sp³-hybridized carbons (Fsp3) is 0.423. The molecule has 0 bridgehead atoms. The van der Waals surface area contributed by atoms with Crippen LogP contribution in [-0.2, 0) is 6.42 Å². The van der Waals surface area contributed by atoms with Crippen molar-refractivity contribution in [2.75, 3.05) is 39.3 Å². The minimum Gasteiger partial charge on any atom is -0.508 e. The summed E-state index contributed by atoms with van der Waals surface area (Å²) in [5, 5.41) is 12.9. The van der Waals surface area contributed by atoms with Gasteiger partial charge in [0.05, 0.1) is 0 Å². The third-order valence-corrected chi connectivity index (χ3v) is 5.41. The molecule has 0 radical (unpaired) electrons. The minimum atomic E-state index is 0.0731. The zero-order chi connectivity index (χ0) is 22.6. The van der Waals surface area contributed by atoms with E-state index in [1.54, 1.807) is 12.1 Å². The Labute approximate surface area is 187 Å². The average Bonchev–Trinajstić information content (AvgIpc) is 2.76. The Morgan fingerprint density at radius 1 is 1.19 bits per heavy atom. The Morgan fingerprint density at radius 3 is 2.48 bits per heavy atom. The number of nitrogens with one attached hydrogen (secondary N) is 1. The van der Waals surface area contributed by atoms with E-state index in [1.807, 2.05) is 61.2 Å². The maximum Gasteiger partial charge on any atom is 0.253 e. The fourth-order valence-electron chi connectivity index (χ4n) is 3.72. The Morgan fingerprint density at radius 2 is 1.90 bits per heavy atom. The van der Waals surface area contributed by atoms with Crippen molar-refractivity contribution in [2.24, 2.45) is 0 Å². The molecule has 1 unspecified atom stereocenters. The number of nitrogens with zero attached hydrogens (tertiary/aromatic N) is 2. The van der Waals surface area contributed by atoms with Crippen molar-refractivity contribution in [1.29, 1.82) is 0 Å². The van der Waals surface area contributed by atoms with Crippen molar-refractivity contribution < 1.29 is 9.90 Å². The van der Waals surface area contributed by atoms with Crippen molar-refractivity contribution in [1.82, 2.24) is 15.1 Å². The van der Waals surface area contributed by atoms with Gasteiger partial charge in [0.25, 0.3) is 5.91 Å². The van der Waals surface area contributed by atoms with Crippen molar-refractivity contribution >= 4 is 5.91 Å². The summed E-state index contributed by atoms with van der Waals surface area (Å²) in [7, 11) is 0. The van der Waals surface area contributed by atoms with Gasteiger partial charge in [-0.25, -0.2) is 0 Å². The van der Waals surface area contributed by atoms with Crippen molar-refractivity contribution in [2.45, 2.75) is 33.2 Å². The molecule has 1 fully saturated rings. The zero-order valence-corrected chi connectivity index (χ0v) is 19.2. The first-order valence-corrected chi connectivity index (χ1v) is 11.2. The summed E-state index contributed by atoms with van der Waals surface area (Å²) in [4.78, 5) is 16.4. The van der Waals surface area contributed by atoms with Gasteiger partial charge in [-0.3, -0.25) is 9.69 Å². The Kier molecular flexibility index (Phi) is 10.3. The van der Waals surface area contributed by atoms with Crippen molar-refractivity contribution in [3.05, 3.63) is 77.9 Å². The molecule has 2 N–H and O–H groups in total. The van der Waals surface area contributed by atoms with Crippen molar-refractivity contribution in [3.63, 3.8) is 0 Å². The van der Waals surface area contributed by atoms with E-state index in [0.717, 1.165) is 62.4 Å². The maximum absolute atomic E-state index is 12.2. The highest BCUT2D eigenvalue weighted by atomic mass is 16.3. The summed E-state index contributed by atoms with van der Waals surface area (Å²) in [6.45, 7) is 15.8. The molecule has 5 nitrogen and oxygen atoms in total. The molecule has 1 heterocycles. The number of carbonyl (C=O) groups is 1. The number of amides is 1. The second-order valence-corrected chi connectivity index (χ2v) is 7.92. The van der Waals surface area contributed by atoms with Gasteiger partial charge >= 0.3 is 0 Å². The molecular weight excluding hydrogens is 386 g/mol. The quantitative estimate of drug-likeness (QED) is 0.663. The van der Waals surface area contributed by atoms with E-state index in [4.69, 9.17) is 0 Å². The molecule has 1 amide bonds. The highest BCUT2D eigenvalue weighted by molar-refractivity contribution is 5.94. The summed E-state index contributed by atoms with van der Waals surface area (Å²) in [5.41, 5.74) is 2.90. The molecule has 1 saturated heterocycles. The van der Waals surface area contributed by atoms with Gasteiger partial charge in [-0.2, -0.15) is 0 Å². The Bertz CT molecular complexity index is 816. The molecule has 3 rings (SSSR count). The highest BCUT2D eigenvalue weighted by Crippen LogP contribution is 2.16. The predicted molar refractivity (Wildman–Crippen MR) is 129 cm³/mol. The van der Waals surface area contributed by atoms with Crippen LogP contribution in [0.5, 0.6) is 5.75 Å². The van der Waals surface area contributed by atoms with Crippen LogP contribution in [0.4, 0.5) is 0 Å². The van der Waals surface area contributed by atoms with Crippen LogP contribution in [-0.4, -0.2) is 66.1 Å². The van der Waals surface area contributed by atoms with Crippen LogP contribution in [0.2, 0.25) is 0 Å². The lowest BCUT2D eigenvalue weighted by molar-refractivity contribution is 0.0773. The molecule has 5 heteroatoms. The van der Waals surface area contributed by atoms with E-state index < -0.39 is 0 Å². The van der Waals surface area contributed by atoms with Gasteiger partial charge < -0.3 is 15.3 Å². The number of aromatic hydroxyl groups is 1. The van der Waals surface area contributed by atoms with Gasteiger partial charge in [0.2, 0.25) is 0 Å². The number of piperazine rings is 1. The normalized spacial score (nSPS) is 16.2. The van der Waals surface area contributed by atoms with Crippen LogP contribution in [0.1, 0.15) is 42.3 Å². The fourth-order valence-corrected chi connectivity index (χ4v) is 3.72. The minimum absolute atomic E-state index is 0.0731. The van der Waals surface area contributed by atoms with Gasteiger partial charge in [0, 0.05) is 50.9 Å². The first-order valence-electron chi connectivity index (χ1n) is 11.2. The number of carbonyl (C=O) groups excluding carboxylic acids is 1. The monoisotopic (exact) mass is 423 g/mol.